The topological polar surface area (TPSA) is 119 Å². The molecule has 0 aromatic carbocycles. The number of unbranched alkanes of at least 4 members (excludes halogenated alkanes) is 13. The Labute approximate surface area is 218 Å². The van der Waals surface area contributed by atoms with E-state index in [9.17, 15) is 14.2 Å². The van der Waals surface area contributed by atoms with Crippen LogP contribution in [0, 0.1) is 0 Å². The van der Waals surface area contributed by atoms with Crippen molar-refractivity contribution in [2.75, 3.05) is 13.2 Å². The number of hydrogen-bond acceptors (Lipinski definition) is 6. The van der Waals surface area contributed by atoms with Crippen molar-refractivity contribution in [3.63, 3.8) is 0 Å². The van der Waals surface area contributed by atoms with Gasteiger partial charge in [0.25, 0.3) is 0 Å². The summed E-state index contributed by atoms with van der Waals surface area (Å²) in [5, 5.41) is 0. The van der Waals surface area contributed by atoms with Crippen LogP contribution >= 0.6 is 7.82 Å². The predicted molar refractivity (Wildman–Crippen MR) is 142 cm³/mol. The summed E-state index contributed by atoms with van der Waals surface area (Å²) in [5.74, 6) is -0.904. The van der Waals surface area contributed by atoms with Crippen LogP contribution in [0.3, 0.4) is 0 Å². The lowest BCUT2D eigenvalue weighted by molar-refractivity contribution is -0.161. The van der Waals surface area contributed by atoms with Crippen LogP contribution < -0.4 is 0 Å². The Morgan fingerprint density at radius 1 is 0.694 bits per heavy atom. The molecular formula is C27H51O8P. The molecular weight excluding hydrogens is 483 g/mol. The molecule has 0 aliphatic carbocycles. The Bertz CT molecular complexity index is 617. The fourth-order valence-electron chi connectivity index (χ4n) is 3.67. The Morgan fingerprint density at radius 2 is 1.22 bits per heavy atom. The van der Waals surface area contributed by atoms with Crippen molar-refractivity contribution < 1.29 is 37.9 Å². The van der Waals surface area contributed by atoms with Crippen LogP contribution in [0.2, 0.25) is 0 Å². The van der Waals surface area contributed by atoms with Crippen molar-refractivity contribution in [2.24, 2.45) is 0 Å². The van der Waals surface area contributed by atoms with Gasteiger partial charge in [0.15, 0.2) is 6.10 Å². The van der Waals surface area contributed by atoms with E-state index in [0.717, 1.165) is 57.8 Å². The van der Waals surface area contributed by atoms with Crippen molar-refractivity contribution in [1.82, 2.24) is 0 Å². The van der Waals surface area contributed by atoms with Crippen molar-refractivity contribution in [3.8, 4) is 0 Å². The van der Waals surface area contributed by atoms with E-state index in [-0.39, 0.29) is 19.4 Å². The lowest BCUT2D eigenvalue weighted by atomic mass is 10.1. The van der Waals surface area contributed by atoms with Gasteiger partial charge in [-0.3, -0.25) is 14.1 Å². The summed E-state index contributed by atoms with van der Waals surface area (Å²) in [6.45, 7) is 3.53. The quantitative estimate of drug-likeness (QED) is 0.0547. The molecule has 0 radical (unpaired) electrons. The Hall–Kier alpha value is -1.21. The summed E-state index contributed by atoms with van der Waals surface area (Å²) in [5.41, 5.74) is 0. The van der Waals surface area contributed by atoms with Gasteiger partial charge in [-0.1, -0.05) is 96.6 Å². The second-order valence-corrected chi connectivity index (χ2v) is 10.6. The largest absolute Gasteiger partial charge is 0.469 e. The highest BCUT2D eigenvalue weighted by atomic mass is 31.2. The van der Waals surface area contributed by atoms with E-state index in [4.69, 9.17) is 19.3 Å². The molecule has 2 N–H and O–H groups in total. The molecule has 0 aliphatic heterocycles. The number of allylic oxidation sites excluding steroid dienone is 2. The minimum Gasteiger partial charge on any atom is -0.462 e. The van der Waals surface area contributed by atoms with Gasteiger partial charge in [0.1, 0.15) is 6.61 Å². The summed E-state index contributed by atoms with van der Waals surface area (Å²) in [6, 6.07) is 0. The third-order valence-electron chi connectivity index (χ3n) is 5.77. The molecule has 8 nitrogen and oxygen atoms in total. The van der Waals surface area contributed by atoms with E-state index in [1.165, 1.54) is 38.5 Å². The molecule has 0 heterocycles. The molecule has 0 aromatic rings. The highest BCUT2D eigenvalue weighted by molar-refractivity contribution is 7.46. The van der Waals surface area contributed by atoms with Crippen molar-refractivity contribution >= 4 is 19.8 Å². The van der Waals surface area contributed by atoms with E-state index >= 15 is 0 Å². The van der Waals surface area contributed by atoms with Gasteiger partial charge in [-0.05, 0) is 32.1 Å². The van der Waals surface area contributed by atoms with Gasteiger partial charge in [-0.15, -0.1) is 0 Å². The number of hydrogen-bond donors (Lipinski definition) is 2. The molecule has 1 unspecified atom stereocenters. The summed E-state index contributed by atoms with van der Waals surface area (Å²) in [6.07, 6.45) is 21.0. The molecule has 0 aliphatic rings. The molecule has 0 fully saturated rings. The van der Waals surface area contributed by atoms with E-state index < -0.39 is 32.5 Å². The van der Waals surface area contributed by atoms with E-state index in [1.807, 2.05) is 0 Å². The van der Waals surface area contributed by atoms with Gasteiger partial charge in [0.05, 0.1) is 6.61 Å². The molecule has 0 saturated carbocycles. The minimum absolute atomic E-state index is 0.203. The van der Waals surface area contributed by atoms with Crippen LogP contribution in [0.25, 0.3) is 0 Å². The zero-order chi connectivity index (χ0) is 26.9. The molecule has 212 valence electrons. The fourth-order valence-corrected chi connectivity index (χ4v) is 4.03. The highest BCUT2D eigenvalue weighted by Crippen LogP contribution is 2.35. The number of rotatable bonds is 25. The summed E-state index contributed by atoms with van der Waals surface area (Å²) < 4.78 is 26.0. The molecule has 1 atom stereocenters. The molecule has 0 bridgehead atoms. The molecule has 0 amide bonds. The molecule has 9 heteroatoms. The predicted octanol–water partition coefficient (Wildman–Crippen LogP) is 7.17. The average Bonchev–Trinajstić information content (AvgIpc) is 2.83. The Balaban J connectivity index is 4.12. The average molecular weight is 535 g/mol. The molecule has 0 saturated heterocycles. The summed E-state index contributed by atoms with van der Waals surface area (Å²) in [7, 11) is -4.73. The second-order valence-electron chi connectivity index (χ2n) is 9.37. The third kappa shape index (κ3) is 25.9. The minimum atomic E-state index is -4.73. The second kappa shape index (κ2) is 24.1. The number of esters is 2. The molecule has 36 heavy (non-hydrogen) atoms. The SMILES string of the molecule is CCC/C=C\CCCCCCCC(=O)OC(COC(=O)CCCCCCCCCC)COP(=O)(O)O. The van der Waals surface area contributed by atoms with Gasteiger partial charge < -0.3 is 19.3 Å². The first-order valence-corrected chi connectivity index (χ1v) is 15.5. The van der Waals surface area contributed by atoms with E-state index in [1.54, 1.807) is 0 Å². The standard InChI is InChI=1S/C27H51O8P/c1-3-5-7-9-11-13-14-16-18-20-22-27(29)35-25(24-34-36(30,31)32)23-33-26(28)21-19-17-15-12-10-8-6-4-2/h7,9,25H,3-6,8,10-24H2,1-2H3,(H2,30,31,32)/b9-7-. The van der Waals surface area contributed by atoms with Gasteiger partial charge in [-0.2, -0.15) is 0 Å². The molecule has 0 spiro atoms. The maximum atomic E-state index is 12.2. The zero-order valence-electron chi connectivity index (χ0n) is 22.7. The van der Waals surface area contributed by atoms with Crippen LogP contribution in [0.4, 0.5) is 0 Å². The van der Waals surface area contributed by atoms with E-state index in [2.05, 4.69) is 30.5 Å². The lowest BCUT2D eigenvalue weighted by Gasteiger charge is -2.18. The number of carbonyl (C=O) groups excluding carboxylic acids is 2. The fraction of sp³-hybridized carbons (Fsp3) is 0.852. The Kier molecular flexibility index (Phi) is 23.3. The monoisotopic (exact) mass is 534 g/mol. The van der Waals surface area contributed by atoms with Crippen LogP contribution in [0.15, 0.2) is 12.2 Å². The van der Waals surface area contributed by atoms with Gasteiger partial charge >= 0.3 is 19.8 Å². The first-order chi connectivity index (χ1) is 17.3. The van der Waals surface area contributed by atoms with Crippen LogP contribution in [-0.2, 0) is 28.2 Å². The highest BCUT2D eigenvalue weighted by Gasteiger charge is 2.22. The number of carbonyl (C=O) groups is 2. The lowest BCUT2D eigenvalue weighted by Crippen LogP contribution is -2.29. The van der Waals surface area contributed by atoms with Crippen molar-refractivity contribution in [3.05, 3.63) is 12.2 Å². The number of phosphoric acid groups is 1. The summed E-state index contributed by atoms with van der Waals surface area (Å²) in [4.78, 5) is 42.1. The van der Waals surface area contributed by atoms with Gasteiger partial charge in [0, 0.05) is 12.8 Å². The first-order valence-electron chi connectivity index (χ1n) is 14.0. The van der Waals surface area contributed by atoms with E-state index in [0.29, 0.717) is 6.42 Å². The Morgan fingerprint density at radius 3 is 1.81 bits per heavy atom. The normalized spacial score (nSPS) is 12.7. The van der Waals surface area contributed by atoms with Gasteiger partial charge in [0.2, 0.25) is 0 Å². The molecule has 0 rings (SSSR count). The zero-order valence-corrected chi connectivity index (χ0v) is 23.6. The smallest absolute Gasteiger partial charge is 0.462 e. The van der Waals surface area contributed by atoms with Crippen LogP contribution in [0.1, 0.15) is 129 Å². The first kappa shape index (κ1) is 34.8. The maximum absolute atomic E-state index is 12.2. The van der Waals surface area contributed by atoms with Gasteiger partial charge in [-0.25, -0.2) is 4.57 Å². The number of ether oxygens (including phenoxy) is 2. The summed E-state index contributed by atoms with van der Waals surface area (Å²) >= 11 is 0. The van der Waals surface area contributed by atoms with Crippen molar-refractivity contribution in [1.29, 1.82) is 0 Å². The third-order valence-corrected chi connectivity index (χ3v) is 6.25. The van der Waals surface area contributed by atoms with Crippen LogP contribution in [0.5, 0.6) is 0 Å². The number of phosphoric ester groups is 1. The van der Waals surface area contributed by atoms with Crippen LogP contribution in [-0.4, -0.2) is 41.0 Å². The molecule has 0 aromatic heterocycles. The maximum Gasteiger partial charge on any atom is 0.469 e. The van der Waals surface area contributed by atoms with Crippen molar-refractivity contribution in [2.45, 2.75) is 136 Å².